The van der Waals surface area contributed by atoms with Crippen LogP contribution in [-0.2, 0) is 14.8 Å². The average molecular weight is 237 g/mol. The molecule has 0 heterocycles. The van der Waals surface area contributed by atoms with Gasteiger partial charge in [0.2, 0.25) is 10.0 Å². The second-order valence-corrected chi connectivity index (χ2v) is 6.50. The summed E-state index contributed by atoms with van der Waals surface area (Å²) >= 11 is 0. The Morgan fingerprint density at radius 2 is 1.93 bits per heavy atom. The van der Waals surface area contributed by atoms with E-state index in [1.165, 1.54) is 0 Å². The van der Waals surface area contributed by atoms with Crippen molar-refractivity contribution in [3.8, 4) is 0 Å². The summed E-state index contributed by atoms with van der Waals surface area (Å²) < 4.78 is 27.5. The van der Waals surface area contributed by atoms with Crippen LogP contribution in [0.2, 0.25) is 0 Å². The maximum Gasteiger partial charge on any atom is 0.209 e. The van der Waals surface area contributed by atoms with E-state index in [1.807, 2.05) is 20.8 Å². The highest BCUT2D eigenvalue weighted by molar-refractivity contribution is 7.89. The molecule has 0 amide bonds. The monoisotopic (exact) mass is 237 g/mol. The van der Waals surface area contributed by atoms with Crippen molar-refractivity contribution in [2.45, 2.75) is 46.6 Å². The molecule has 1 unspecified atom stereocenters. The Balaban J connectivity index is 4.04. The number of rotatable bonds is 7. The number of ether oxygens (including phenoxy) is 1. The summed E-state index contributed by atoms with van der Waals surface area (Å²) in [5, 5.41) is 5.00. The lowest BCUT2D eigenvalue weighted by Crippen LogP contribution is -2.33. The Labute approximate surface area is 93.2 Å². The standard InChI is InChI=1S/C10H23NO3S/c1-5-6-9(2)14-7-10(3,4)8-15(11,12)13/h9H,5-8H2,1-4H3,(H2,11,12,13). The van der Waals surface area contributed by atoms with Gasteiger partial charge in [-0.05, 0) is 13.3 Å². The fraction of sp³-hybridized carbons (Fsp3) is 1.00. The molecule has 0 fully saturated rings. The molecule has 0 rings (SSSR count). The smallest absolute Gasteiger partial charge is 0.209 e. The molecule has 1 atom stereocenters. The van der Waals surface area contributed by atoms with Crippen LogP contribution in [0.5, 0.6) is 0 Å². The number of sulfonamides is 1. The minimum absolute atomic E-state index is 0.0428. The van der Waals surface area contributed by atoms with Gasteiger partial charge in [0, 0.05) is 5.41 Å². The maximum absolute atomic E-state index is 10.9. The average Bonchev–Trinajstić information content (AvgIpc) is 1.97. The Morgan fingerprint density at radius 1 is 1.40 bits per heavy atom. The first-order valence-electron chi connectivity index (χ1n) is 5.28. The zero-order chi connectivity index (χ0) is 12.1. The van der Waals surface area contributed by atoms with E-state index in [2.05, 4.69) is 6.92 Å². The summed E-state index contributed by atoms with van der Waals surface area (Å²) in [6.07, 6.45) is 2.23. The molecule has 92 valence electrons. The molecule has 4 nitrogen and oxygen atoms in total. The molecule has 0 aliphatic heterocycles. The predicted octanol–water partition coefficient (Wildman–Crippen LogP) is 1.51. The molecule has 0 aliphatic carbocycles. The molecule has 0 aliphatic rings. The van der Waals surface area contributed by atoms with Gasteiger partial charge in [-0.25, -0.2) is 13.6 Å². The summed E-state index contributed by atoms with van der Waals surface area (Å²) in [5.74, 6) is -0.0428. The van der Waals surface area contributed by atoms with Crippen molar-refractivity contribution < 1.29 is 13.2 Å². The highest BCUT2D eigenvalue weighted by atomic mass is 32.2. The third-order valence-corrected chi connectivity index (χ3v) is 3.23. The van der Waals surface area contributed by atoms with Gasteiger partial charge in [-0.1, -0.05) is 27.2 Å². The van der Waals surface area contributed by atoms with Crippen molar-refractivity contribution in [2.75, 3.05) is 12.4 Å². The van der Waals surface area contributed by atoms with Gasteiger partial charge >= 0.3 is 0 Å². The number of hydrogen-bond donors (Lipinski definition) is 1. The van der Waals surface area contributed by atoms with E-state index < -0.39 is 15.4 Å². The van der Waals surface area contributed by atoms with Crippen molar-refractivity contribution in [1.29, 1.82) is 0 Å². The molecule has 0 aromatic rings. The van der Waals surface area contributed by atoms with Crippen LogP contribution in [0.15, 0.2) is 0 Å². The van der Waals surface area contributed by atoms with Gasteiger partial charge in [0.05, 0.1) is 18.5 Å². The first-order valence-corrected chi connectivity index (χ1v) is 7.00. The summed E-state index contributed by atoms with van der Waals surface area (Å²) in [6, 6.07) is 0. The van der Waals surface area contributed by atoms with E-state index in [1.54, 1.807) is 0 Å². The minimum atomic E-state index is -3.42. The van der Waals surface area contributed by atoms with Crippen LogP contribution in [0.25, 0.3) is 0 Å². The van der Waals surface area contributed by atoms with Crippen LogP contribution in [-0.4, -0.2) is 26.9 Å². The highest BCUT2D eigenvalue weighted by Crippen LogP contribution is 2.18. The fourth-order valence-corrected chi connectivity index (χ4v) is 2.62. The third-order valence-electron chi connectivity index (χ3n) is 2.05. The Morgan fingerprint density at radius 3 is 2.33 bits per heavy atom. The topological polar surface area (TPSA) is 69.4 Å². The molecule has 15 heavy (non-hydrogen) atoms. The van der Waals surface area contributed by atoms with Gasteiger partial charge in [0.25, 0.3) is 0 Å². The first-order chi connectivity index (χ1) is 6.66. The minimum Gasteiger partial charge on any atom is -0.378 e. The molecule has 0 spiro atoms. The van der Waals surface area contributed by atoms with E-state index in [4.69, 9.17) is 9.88 Å². The van der Waals surface area contributed by atoms with E-state index in [9.17, 15) is 8.42 Å². The van der Waals surface area contributed by atoms with Crippen molar-refractivity contribution in [3.63, 3.8) is 0 Å². The maximum atomic E-state index is 10.9. The number of nitrogens with two attached hydrogens (primary N) is 1. The lowest BCUT2D eigenvalue weighted by Gasteiger charge is -2.25. The molecular weight excluding hydrogens is 214 g/mol. The zero-order valence-electron chi connectivity index (χ0n) is 10.1. The van der Waals surface area contributed by atoms with Crippen LogP contribution >= 0.6 is 0 Å². The van der Waals surface area contributed by atoms with Gasteiger partial charge in [-0.15, -0.1) is 0 Å². The van der Waals surface area contributed by atoms with E-state index in [0.717, 1.165) is 12.8 Å². The molecule has 0 bridgehead atoms. The van der Waals surface area contributed by atoms with Crippen molar-refractivity contribution in [3.05, 3.63) is 0 Å². The zero-order valence-corrected chi connectivity index (χ0v) is 10.9. The fourth-order valence-electron chi connectivity index (χ4n) is 1.44. The molecular formula is C10H23NO3S. The van der Waals surface area contributed by atoms with E-state index in [0.29, 0.717) is 6.61 Å². The third kappa shape index (κ3) is 8.84. The lowest BCUT2D eigenvalue weighted by molar-refractivity contribution is 0.0152. The first kappa shape index (κ1) is 14.9. The predicted molar refractivity (Wildman–Crippen MR) is 62.1 cm³/mol. The van der Waals surface area contributed by atoms with Gasteiger partial charge in [0.15, 0.2) is 0 Å². The van der Waals surface area contributed by atoms with Crippen LogP contribution in [0.1, 0.15) is 40.5 Å². The Kier molecular flexibility index (Phi) is 5.77. The summed E-state index contributed by atoms with van der Waals surface area (Å²) in [5.41, 5.74) is -0.421. The summed E-state index contributed by atoms with van der Waals surface area (Å²) in [6.45, 7) is 8.20. The van der Waals surface area contributed by atoms with Crippen molar-refractivity contribution >= 4 is 10.0 Å². The normalized spacial score (nSPS) is 15.3. The van der Waals surface area contributed by atoms with Gasteiger partial charge < -0.3 is 4.74 Å². The van der Waals surface area contributed by atoms with Crippen molar-refractivity contribution in [1.82, 2.24) is 0 Å². The van der Waals surface area contributed by atoms with E-state index in [-0.39, 0.29) is 11.9 Å². The second-order valence-electron chi connectivity index (χ2n) is 4.88. The molecule has 0 aromatic heterocycles. The highest BCUT2D eigenvalue weighted by Gasteiger charge is 2.24. The van der Waals surface area contributed by atoms with E-state index >= 15 is 0 Å². The molecule has 2 N–H and O–H groups in total. The molecule has 0 saturated heterocycles. The number of hydrogen-bond acceptors (Lipinski definition) is 3. The lowest BCUT2D eigenvalue weighted by atomic mass is 9.98. The van der Waals surface area contributed by atoms with Crippen molar-refractivity contribution in [2.24, 2.45) is 10.6 Å². The van der Waals surface area contributed by atoms with Crippen LogP contribution in [0.3, 0.4) is 0 Å². The van der Waals surface area contributed by atoms with Gasteiger partial charge in [-0.2, -0.15) is 0 Å². The quantitative estimate of drug-likeness (QED) is 0.729. The summed E-state index contributed by atoms with van der Waals surface area (Å²) in [4.78, 5) is 0. The van der Waals surface area contributed by atoms with Crippen LogP contribution < -0.4 is 5.14 Å². The molecule has 0 saturated carbocycles. The second kappa shape index (κ2) is 5.82. The largest absolute Gasteiger partial charge is 0.378 e. The van der Waals surface area contributed by atoms with Crippen LogP contribution in [0.4, 0.5) is 0 Å². The van der Waals surface area contributed by atoms with Gasteiger partial charge in [-0.3, -0.25) is 0 Å². The molecule has 5 heteroatoms. The Hall–Kier alpha value is -0.130. The number of primary sulfonamides is 1. The SMILES string of the molecule is CCCC(C)OCC(C)(C)CS(N)(=O)=O. The molecule has 0 radical (unpaired) electrons. The van der Waals surface area contributed by atoms with Gasteiger partial charge in [0.1, 0.15) is 0 Å². The molecule has 0 aromatic carbocycles. The summed E-state index contributed by atoms with van der Waals surface area (Å²) in [7, 11) is -3.42. The van der Waals surface area contributed by atoms with Crippen LogP contribution in [0, 0.1) is 5.41 Å². The Bertz CT molecular complexity index is 272.